The number of rotatable bonds is 45. The Labute approximate surface area is 587 Å². The second-order valence-corrected chi connectivity index (χ2v) is 26.2. The maximum absolute atomic E-state index is 14.7. The highest BCUT2D eigenvalue weighted by Gasteiger charge is 2.43. The zero-order valence-electron chi connectivity index (χ0n) is 57.5. The highest BCUT2D eigenvalue weighted by atomic mass is 32.2. The molecule has 0 saturated carbocycles. The van der Waals surface area contributed by atoms with E-state index < -0.39 is 175 Å². The fourth-order valence-electron chi connectivity index (χ4n) is 11.5. The zero-order valence-corrected chi connectivity index (χ0v) is 58.3. The summed E-state index contributed by atoms with van der Waals surface area (Å²) in [5.41, 5.74) is 34.6. The number of hydrogen-bond acceptors (Lipinski definition) is 18. The van der Waals surface area contributed by atoms with Crippen LogP contribution >= 0.6 is 11.8 Å². The number of carbonyl (C=O) groups excluding carboxylic acids is 14. The number of unbranched alkanes of at least 4 members (excludes halogenated alkanes) is 1. The van der Waals surface area contributed by atoms with Crippen molar-refractivity contribution in [2.75, 3.05) is 58.3 Å². The predicted octanol–water partition coefficient (Wildman–Crippen LogP) is -4.33. The molecule has 2 aliphatic rings. The molecule has 0 aliphatic carbocycles. The van der Waals surface area contributed by atoms with Crippen LogP contribution in [0.4, 0.5) is 0 Å². The van der Waals surface area contributed by atoms with E-state index in [1.165, 1.54) is 21.6 Å². The highest BCUT2D eigenvalue weighted by Crippen LogP contribution is 2.24. The summed E-state index contributed by atoms with van der Waals surface area (Å²) in [6, 6.07) is 4.12. The minimum Gasteiger partial charge on any atom is -0.370 e. The van der Waals surface area contributed by atoms with Crippen LogP contribution in [0.3, 0.4) is 0 Å². The largest absolute Gasteiger partial charge is 0.370 e. The Morgan fingerprint density at radius 2 is 0.950 bits per heavy atom. The van der Waals surface area contributed by atoms with Crippen LogP contribution in [0.1, 0.15) is 121 Å². The van der Waals surface area contributed by atoms with Crippen molar-refractivity contribution in [3.63, 3.8) is 0 Å². The van der Waals surface area contributed by atoms with Gasteiger partial charge in [0.25, 0.3) is 0 Å². The minimum absolute atomic E-state index is 0.0450. The Kier molecular flexibility index (Phi) is 36.4. The number of likely N-dealkylation sites (tertiary alicyclic amines) is 2. The SMILES string of the molecule is CNCC(=O)N[C@@H](CCCN=C(N)N)C(=O)N1CCC[C@H]1C(=O)N[C@@H](CCCCN)C(=O)N1CCC[C@H]1C(=O)N[C@@H](CCC(N)=O)C(=O)N[C@@H](CCC(N)=O)C(=O)N[C@@H](Cc1ccccc1)C(=O)N[C@@H](Cc1ccccc1)C(=O)NCC(=O)N[C@@H](CC(C)C)C(=O)N[C@@H](CCSC)C(N)=O. The van der Waals surface area contributed by atoms with Gasteiger partial charge < -0.3 is 97.4 Å². The van der Waals surface area contributed by atoms with Crippen molar-refractivity contribution in [1.29, 1.82) is 0 Å². The molecule has 0 radical (unpaired) electrons. The quantitative estimate of drug-likeness (QED) is 0.0169. The first-order chi connectivity index (χ1) is 47.7. The topological polar surface area (TPSA) is 534 Å². The van der Waals surface area contributed by atoms with Crippen LogP contribution in [0.15, 0.2) is 65.7 Å². The van der Waals surface area contributed by atoms with Gasteiger partial charge in [0.1, 0.15) is 60.4 Å². The third-order valence-electron chi connectivity index (χ3n) is 16.7. The normalized spacial score (nSPS) is 16.5. The van der Waals surface area contributed by atoms with Gasteiger partial charge in [0.05, 0.1) is 13.1 Å². The van der Waals surface area contributed by atoms with Crippen LogP contribution in [0.25, 0.3) is 0 Å². The summed E-state index contributed by atoms with van der Waals surface area (Å²) in [7, 11) is 1.57. The lowest BCUT2D eigenvalue weighted by Gasteiger charge is -2.32. The Morgan fingerprint density at radius 3 is 1.43 bits per heavy atom. The van der Waals surface area contributed by atoms with Crippen LogP contribution in [0, 0.1) is 5.92 Å². The fourth-order valence-corrected chi connectivity index (χ4v) is 12.0. The second-order valence-electron chi connectivity index (χ2n) is 25.2. The summed E-state index contributed by atoms with van der Waals surface area (Å²) >= 11 is 1.45. The molecule has 2 aromatic rings. The maximum atomic E-state index is 14.7. The van der Waals surface area contributed by atoms with Gasteiger partial charge in [-0.25, -0.2) is 0 Å². The van der Waals surface area contributed by atoms with Gasteiger partial charge in [0, 0.05) is 45.3 Å². The summed E-state index contributed by atoms with van der Waals surface area (Å²) in [6.07, 6.45) is 2.56. The van der Waals surface area contributed by atoms with Crippen molar-refractivity contribution >= 4 is 100 Å². The van der Waals surface area contributed by atoms with E-state index >= 15 is 0 Å². The van der Waals surface area contributed by atoms with E-state index in [1.54, 1.807) is 67.7 Å². The van der Waals surface area contributed by atoms with Gasteiger partial charge in [0.15, 0.2) is 5.96 Å². The first-order valence-corrected chi connectivity index (χ1v) is 35.2. The van der Waals surface area contributed by atoms with Gasteiger partial charge in [-0.2, -0.15) is 11.8 Å². The average Bonchev–Trinajstić information content (AvgIpc) is 1.58. The van der Waals surface area contributed by atoms with Gasteiger partial charge in [0.2, 0.25) is 82.7 Å². The van der Waals surface area contributed by atoms with Crippen molar-refractivity contribution in [1.82, 2.24) is 63.0 Å². The number of benzene rings is 2. The molecule has 10 atom stereocenters. The third-order valence-corrected chi connectivity index (χ3v) is 17.3. The van der Waals surface area contributed by atoms with Crippen LogP contribution in [0.2, 0.25) is 0 Å². The van der Waals surface area contributed by atoms with Crippen LogP contribution < -0.4 is 87.6 Å². The maximum Gasteiger partial charge on any atom is 0.245 e. The Bertz CT molecular complexity index is 3130. The summed E-state index contributed by atoms with van der Waals surface area (Å²) in [5, 5.41) is 26.6. The van der Waals surface area contributed by atoms with Crippen molar-refractivity contribution in [3.8, 4) is 0 Å². The molecule has 4 rings (SSSR count). The van der Waals surface area contributed by atoms with Gasteiger partial charge in [-0.3, -0.25) is 72.1 Å². The molecule has 14 amide bonds. The van der Waals surface area contributed by atoms with E-state index in [1.807, 2.05) is 20.1 Å². The molecule has 0 bridgehead atoms. The van der Waals surface area contributed by atoms with E-state index in [4.69, 9.17) is 34.4 Å². The molecule has 0 unspecified atom stereocenters. The van der Waals surface area contributed by atoms with Gasteiger partial charge in [-0.05, 0) is 126 Å². The molecule has 2 fully saturated rings. The van der Waals surface area contributed by atoms with E-state index in [0.717, 1.165) is 0 Å². The average molecular weight is 1420 g/mol. The van der Waals surface area contributed by atoms with E-state index in [2.05, 4.69) is 58.2 Å². The molecule has 100 heavy (non-hydrogen) atoms. The van der Waals surface area contributed by atoms with Crippen molar-refractivity contribution in [3.05, 3.63) is 71.8 Å². The number of aliphatic imine (C=N–C) groups is 1. The number of amides is 14. The molecule has 2 saturated heterocycles. The van der Waals surface area contributed by atoms with Crippen molar-refractivity contribution in [2.24, 2.45) is 45.3 Å². The number of likely N-dealkylation sites (N-methyl/N-ethyl adjacent to an activating group) is 1. The third kappa shape index (κ3) is 29.2. The number of thioether (sulfide) groups is 1. The Morgan fingerprint density at radius 1 is 0.510 bits per heavy atom. The predicted molar refractivity (Wildman–Crippen MR) is 373 cm³/mol. The van der Waals surface area contributed by atoms with Crippen LogP contribution in [0.5, 0.6) is 0 Å². The molecule has 0 spiro atoms. The number of guanidine groups is 1. The molecule has 552 valence electrons. The van der Waals surface area contributed by atoms with E-state index in [9.17, 15) is 67.1 Å². The molecule has 0 aromatic heterocycles. The first-order valence-electron chi connectivity index (χ1n) is 33.8. The molecule has 2 aromatic carbocycles. The van der Waals surface area contributed by atoms with Crippen molar-refractivity contribution in [2.45, 2.75) is 183 Å². The number of primary amides is 3. The lowest BCUT2D eigenvalue weighted by atomic mass is 10.0. The second kappa shape index (κ2) is 43.9. The number of hydrogen-bond donors (Lipinski definition) is 16. The van der Waals surface area contributed by atoms with Crippen molar-refractivity contribution < 1.29 is 67.1 Å². The van der Waals surface area contributed by atoms with E-state index in [-0.39, 0.29) is 96.0 Å². The fraction of sp³-hybridized carbons (Fsp3) is 0.591. The molecular weight excluding hydrogens is 1310 g/mol. The summed E-state index contributed by atoms with van der Waals surface area (Å²) in [6.45, 7) is 3.55. The van der Waals surface area contributed by atoms with E-state index in [0.29, 0.717) is 49.0 Å². The summed E-state index contributed by atoms with van der Waals surface area (Å²) < 4.78 is 0. The van der Waals surface area contributed by atoms with Gasteiger partial charge in [-0.15, -0.1) is 0 Å². The zero-order chi connectivity index (χ0) is 73.8. The first kappa shape index (κ1) is 83.0. The Balaban J connectivity index is 1.58. The lowest BCUT2D eigenvalue weighted by molar-refractivity contribution is -0.144. The minimum atomic E-state index is -1.66. The van der Waals surface area contributed by atoms with Gasteiger partial charge in [-0.1, -0.05) is 74.5 Å². The standard InChI is InChI=1S/C66H103N19O14S/c1-39(2)34-47(60(94)78-42(56(70)90)28-33-100-4)77-55(89)38-75-57(91)48(35-40-16-7-5-8-17-40)82-61(95)49(36-41-18-9-6-10-19-41)83-59(93)43(24-26-52(68)86)79-58(92)44(25-27-53(69)87)80-62(96)50-22-14-32-85(50)65(99)46(20-11-12-29-67)81-63(97)51-23-15-31-84(51)64(98)45(76-54(88)37-73-3)21-13-30-74-66(71)72/h5-10,16-19,39,42-51,73H,11-15,20-38,67H2,1-4H3,(H2,68,86)(H2,69,87)(H2,70,90)(H,75,91)(H,76,88)(H,77,89)(H,78,94)(H,79,92)(H,80,96)(H,81,97)(H,82,95)(H,83,93)(H4,71,72,74)/t42-,43-,44-,45-,46-,47-,48-,49-,50-,51-/m0/s1. The number of nitrogens with zero attached hydrogens (tertiary/aromatic N) is 3. The highest BCUT2D eigenvalue weighted by molar-refractivity contribution is 7.98. The van der Waals surface area contributed by atoms with Crippen LogP contribution in [-0.2, 0) is 80.0 Å². The monoisotopic (exact) mass is 1420 g/mol. The number of carbonyl (C=O) groups is 14. The summed E-state index contributed by atoms with van der Waals surface area (Å²) in [4.78, 5) is 199. The smallest absolute Gasteiger partial charge is 0.245 e. The number of nitrogens with one attached hydrogen (secondary N) is 10. The molecule has 2 aliphatic heterocycles. The molecule has 2 heterocycles. The van der Waals surface area contributed by atoms with Gasteiger partial charge >= 0.3 is 0 Å². The Hall–Kier alpha value is -9.44. The summed E-state index contributed by atoms with van der Waals surface area (Å²) in [5.74, 6) is -10.6. The van der Waals surface area contributed by atoms with Crippen LogP contribution in [-0.4, -0.2) is 217 Å². The molecule has 33 nitrogen and oxygen atoms in total. The lowest BCUT2D eigenvalue weighted by Crippen LogP contribution is -2.60. The molecular formula is C66H103N19O14S. The molecule has 34 heteroatoms. The molecule has 22 N–H and O–H groups in total. The number of nitrogens with two attached hydrogens (primary N) is 6.